The van der Waals surface area contributed by atoms with Crippen LogP contribution in [-0.4, -0.2) is 20.9 Å². The van der Waals surface area contributed by atoms with Crippen LogP contribution in [-0.2, 0) is 26.4 Å². The summed E-state index contributed by atoms with van der Waals surface area (Å²) in [5, 5.41) is 16.6. The van der Waals surface area contributed by atoms with Gasteiger partial charge in [0.05, 0.1) is 18.4 Å². The van der Waals surface area contributed by atoms with Gasteiger partial charge in [-0.15, -0.1) is 0 Å². The van der Waals surface area contributed by atoms with Crippen LogP contribution in [0.1, 0.15) is 40.0 Å². The molecular formula is C16H19N3O2. The van der Waals surface area contributed by atoms with E-state index in [1.165, 1.54) is 30.2 Å². The van der Waals surface area contributed by atoms with E-state index in [1.807, 2.05) is 0 Å². The molecule has 0 aliphatic heterocycles. The molecular weight excluding hydrogens is 266 g/mol. The molecule has 3 rings (SSSR count). The molecule has 5 nitrogen and oxygen atoms in total. The summed E-state index contributed by atoms with van der Waals surface area (Å²) < 4.78 is 1.62. The molecule has 110 valence electrons. The SMILES string of the molecule is Cn1ncc(C(=O)O)c1CNc1cccc2c1CCCC2. The van der Waals surface area contributed by atoms with E-state index in [1.54, 1.807) is 11.7 Å². The Labute approximate surface area is 123 Å². The molecule has 1 aliphatic carbocycles. The van der Waals surface area contributed by atoms with Crippen LogP contribution in [0.25, 0.3) is 0 Å². The summed E-state index contributed by atoms with van der Waals surface area (Å²) in [4.78, 5) is 11.2. The first-order valence-corrected chi connectivity index (χ1v) is 7.25. The van der Waals surface area contributed by atoms with E-state index in [0.717, 1.165) is 18.5 Å². The molecule has 1 heterocycles. The minimum atomic E-state index is -0.935. The van der Waals surface area contributed by atoms with Gasteiger partial charge in [0.25, 0.3) is 0 Å². The molecule has 0 saturated carbocycles. The summed E-state index contributed by atoms with van der Waals surface area (Å²) in [7, 11) is 1.77. The van der Waals surface area contributed by atoms with E-state index in [-0.39, 0.29) is 5.56 Å². The second-order valence-corrected chi connectivity index (χ2v) is 5.44. The van der Waals surface area contributed by atoms with Crippen LogP contribution in [0.3, 0.4) is 0 Å². The number of benzene rings is 1. The van der Waals surface area contributed by atoms with Crippen molar-refractivity contribution in [2.24, 2.45) is 7.05 Å². The van der Waals surface area contributed by atoms with Crippen molar-refractivity contribution in [1.82, 2.24) is 9.78 Å². The Balaban J connectivity index is 1.83. The molecule has 2 N–H and O–H groups in total. The number of nitrogens with zero attached hydrogens (tertiary/aromatic N) is 2. The Morgan fingerprint density at radius 2 is 2.19 bits per heavy atom. The van der Waals surface area contributed by atoms with E-state index < -0.39 is 5.97 Å². The third-order valence-corrected chi connectivity index (χ3v) is 4.13. The molecule has 0 radical (unpaired) electrons. The lowest BCUT2D eigenvalue weighted by Crippen LogP contribution is -2.12. The molecule has 0 unspecified atom stereocenters. The molecule has 21 heavy (non-hydrogen) atoms. The van der Waals surface area contributed by atoms with Crippen molar-refractivity contribution in [3.05, 3.63) is 46.8 Å². The average molecular weight is 285 g/mol. The lowest BCUT2D eigenvalue weighted by Gasteiger charge is -2.20. The summed E-state index contributed by atoms with van der Waals surface area (Å²) in [6.07, 6.45) is 6.10. The summed E-state index contributed by atoms with van der Waals surface area (Å²) >= 11 is 0. The Hall–Kier alpha value is -2.30. The van der Waals surface area contributed by atoms with Gasteiger partial charge in [0, 0.05) is 12.7 Å². The second-order valence-electron chi connectivity index (χ2n) is 5.44. The molecule has 0 saturated heterocycles. The number of aromatic nitrogens is 2. The van der Waals surface area contributed by atoms with Gasteiger partial charge in [-0.1, -0.05) is 12.1 Å². The van der Waals surface area contributed by atoms with Crippen molar-refractivity contribution in [1.29, 1.82) is 0 Å². The fourth-order valence-corrected chi connectivity index (χ4v) is 2.98. The Morgan fingerprint density at radius 1 is 1.38 bits per heavy atom. The van der Waals surface area contributed by atoms with Gasteiger partial charge in [0.1, 0.15) is 5.56 Å². The van der Waals surface area contributed by atoms with Gasteiger partial charge in [0.15, 0.2) is 0 Å². The number of aromatic carboxylic acids is 1. The first-order valence-electron chi connectivity index (χ1n) is 7.25. The van der Waals surface area contributed by atoms with Gasteiger partial charge in [-0.3, -0.25) is 4.68 Å². The third-order valence-electron chi connectivity index (χ3n) is 4.13. The van der Waals surface area contributed by atoms with Gasteiger partial charge >= 0.3 is 5.97 Å². The summed E-state index contributed by atoms with van der Waals surface area (Å²) in [6.45, 7) is 0.467. The van der Waals surface area contributed by atoms with Gasteiger partial charge in [-0.05, 0) is 42.9 Å². The molecule has 0 fully saturated rings. The predicted molar refractivity (Wildman–Crippen MR) is 80.6 cm³/mol. The number of nitrogens with one attached hydrogen (secondary N) is 1. The van der Waals surface area contributed by atoms with Crippen LogP contribution < -0.4 is 5.32 Å². The quantitative estimate of drug-likeness (QED) is 0.906. The Morgan fingerprint density at radius 3 is 3.00 bits per heavy atom. The van der Waals surface area contributed by atoms with Gasteiger partial charge in [0.2, 0.25) is 0 Å². The molecule has 0 amide bonds. The largest absolute Gasteiger partial charge is 0.478 e. The summed E-state index contributed by atoms with van der Waals surface area (Å²) in [5.74, 6) is -0.935. The predicted octanol–water partition coefficient (Wildman–Crippen LogP) is 2.61. The van der Waals surface area contributed by atoms with Crippen LogP contribution in [0.15, 0.2) is 24.4 Å². The summed E-state index contributed by atoms with van der Waals surface area (Å²) in [5.41, 5.74) is 4.85. The number of rotatable bonds is 4. The van der Waals surface area contributed by atoms with Gasteiger partial charge in [-0.25, -0.2) is 4.79 Å². The highest BCUT2D eigenvalue weighted by molar-refractivity contribution is 5.88. The zero-order chi connectivity index (χ0) is 14.8. The summed E-state index contributed by atoms with van der Waals surface area (Å²) in [6, 6.07) is 6.32. The number of carbonyl (C=O) groups is 1. The zero-order valence-corrected chi connectivity index (χ0v) is 12.1. The smallest absolute Gasteiger partial charge is 0.339 e. The molecule has 2 aromatic rings. The maximum atomic E-state index is 11.2. The number of anilines is 1. The number of fused-ring (bicyclic) bond motifs is 1. The molecule has 0 atom stereocenters. The van der Waals surface area contributed by atoms with Crippen LogP contribution >= 0.6 is 0 Å². The van der Waals surface area contributed by atoms with Crippen molar-refractivity contribution in [3.8, 4) is 0 Å². The molecule has 0 bridgehead atoms. The van der Waals surface area contributed by atoms with Crippen molar-refractivity contribution in [2.75, 3.05) is 5.32 Å². The molecule has 1 aliphatic rings. The standard InChI is InChI=1S/C16H19N3O2/c1-19-15(13(9-18-19)16(20)21)10-17-14-8-4-6-11-5-2-3-7-12(11)14/h4,6,8-9,17H,2-3,5,7,10H2,1H3,(H,20,21). The van der Waals surface area contributed by atoms with Crippen LogP contribution in [0.5, 0.6) is 0 Å². The molecule has 0 spiro atoms. The number of hydrogen-bond acceptors (Lipinski definition) is 3. The van der Waals surface area contributed by atoms with E-state index >= 15 is 0 Å². The monoisotopic (exact) mass is 285 g/mol. The third kappa shape index (κ3) is 2.63. The van der Waals surface area contributed by atoms with Crippen molar-refractivity contribution < 1.29 is 9.90 Å². The lowest BCUT2D eigenvalue weighted by molar-refractivity contribution is 0.0695. The fraction of sp³-hybridized carbons (Fsp3) is 0.375. The minimum Gasteiger partial charge on any atom is -0.478 e. The van der Waals surface area contributed by atoms with Gasteiger partial charge in [-0.2, -0.15) is 5.10 Å². The number of carboxylic acids is 1. The average Bonchev–Trinajstić information content (AvgIpc) is 2.86. The molecule has 1 aromatic carbocycles. The second kappa shape index (κ2) is 5.60. The first-order chi connectivity index (χ1) is 10.2. The normalized spacial score (nSPS) is 13.8. The van der Waals surface area contributed by atoms with Crippen LogP contribution in [0.2, 0.25) is 0 Å². The highest BCUT2D eigenvalue weighted by Gasteiger charge is 2.16. The van der Waals surface area contributed by atoms with E-state index in [0.29, 0.717) is 12.2 Å². The van der Waals surface area contributed by atoms with Crippen molar-refractivity contribution in [2.45, 2.75) is 32.2 Å². The highest BCUT2D eigenvalue weighted by Crippen LogP contribution is 2.28. The van der Waals surface area contributed by atoms with Crippen molar-refractivity contribution in [3.63, 3.8) is 0 Å². The first kappa shape index (κ1) is 13.7. The van der Waals surface area contributed by atoms with E-state index in [2.05, 4.69) is 28.6 Å². The molecule has 5 heteroatoms. The maximum Gasteiger partial charge on any atom is 0.339 e. The van der Waals surface area contributed by atoms with Crippen LogP contribution in [0, 0.1) is 0 Å². The maximum absolute atomic E-state index is 11.2. The Kier molecular flexibility index (Phi) is 3.64. The Bertz CT molecular complexity index is 676. The zero-order valence-electron chi connectivity index (χ0n) is 12.1. The highest BCUT2D eigenvalue weighted by atomic mass is 16.4. The topological polar surface area (TPSA) is 67.2 Å². The van der Waals surface area contributed by atoms with Crippen LogP contribution in [0.4, 0.5) is 5.69 Å². The number of aryl methyl sites for hydroxylation is 2. The fourth-order valence-electron chi connectivity index (χ4n) is 2.98. The van der Waals surface area contributed by atoms with Gasteiger partial charge < -0.3 is 10.4 Å². The number of hydrogen-bond donors (Lipinski definition) is 2. The number of carboxylic acid groups (broad SMARTS) is 1. The molecule has 1 aromatic heterocycles. The van der Waals surface area contributed by atoms with E-state index in [9.17, 15) is 9.90 Å². The minimum absolute atomic E-state index is 0.259. The van der Waals surface area contributed by atoms with E-state index in [4.69, 9.17) is 0 Å². The van der Waals surface area contributed by atoms with Crippen molar-refractivity contribution >= 4 is 11.7 Å². The lowest BCUT2D eigenvalue weighted by atomic mass is 9.90.